The zero-order chi connectivity index (χ0) is 12.3. The maximum absolute atomic E-state index is 13.3. The van der Waals surface area contributed by atoms with Crippen LogP contribution in [0.4, 0.5) is 4.39 Å². The molecule has 0 bridgehead atoms. The number of carboxylic acids is 1. The van der Waals surface area contributed by atoms with Crippen molar-refractivity contribution in [1.82, 2.24) is 0 Å². The second-order valence-corrected chi connectivity index (χ2v) is 3.64. The highest BCUT2D eigenvalue weighted by Crippen LogP contribution is 2.22. The molecule has 0 aromatic heterocycles. The number of rotatable bonds is 4. The predicted octanol–water partition coefficient (Wildman–Crippen LogP) is 1.00. The first-order chi connectivity index (χ1) is 7.41. The third-order valence-electron chi connectivity index (χ3n) is 2.22. The number of hydrogen-bond acceptors (Lipinski definition) is 3. The summed E-state index contributed by atoms with van der Waals surface area (Å²) < 4.78 is 13.3. The number of aliphatic hydroxyl groups excluding tert-OH is 2. The maximum Gasteiger partial charge on any atom is 0.306 e. The monoisotopic (exact) mass is 228 g/mol. The first-order valence-electron chi connectivity index (χ1n) is 4.75. The molecular formula is C11H13FO4. The minimum Gasteiger partial charge on any atom is -0.481 e. The number of carbonyl (C=O) groups is 1. The van der Waals surface area contributed by atoms with Crippen LogP contribution in [0.1, 0.15) is 23.7 Å². The fourth-order valence-electron chi connectivity index (χ4n) is 1.39. The summed E-state index contributed by atoms with van der Waals surface area (Å²) in [5, 5.41) is 27.4. The van der Waals surface area contributed by atoms with Crippen molar-refractivity contribution in [2.45, 2.75) is 25.6 Å². The molecule has 0 aliphatic heterocycles. The van der Waals surface area contributed by atoms with E-state index in [4.69, 9.17) is 5.11 Å². The minimum atomic E-state index is -1.53. The summed E-state index contributed by atoms with van der Waals surface area (Å²) in [6, 6.07) is 4.07. The molecule has 1 aromatic carbocycles. The van der Waals surface area contributed by atoms with E-state index in [1.54, 1.807) is 6.92 Å². The van der Waals surface area contributed by atoms with Gasteiger partial charge >= 0.3 is 5.97 Å². The topological polar surface area (TPSA) is 77.8 Å². The Morgan fingerprint density at radius 3 is 2.62 bits per heavy atom. The molecule has 0 heterocycles. The predicted molar refractivity (Wildman–Crippen MR) is 54.4 cm³/mol. The average Bonchev–Trinajstić information content (AvgIpc) is 2.19. The van der Waals surface area contributed by atoms with Gasteiger partial charge in [-0.25, -0.2) is 4.39 Å². The lowest BCUT2D eigenvalue weighted by atomic mass is 10.00. The third kappa shape index (κ3) is 3.01. The van der Waals surface area contributed by atoms with Gasteiger partial charge in [0.2, 0.25) is 0 Å². The standard InChI is InChI=1S/C11H13FO4/c1-6-2-3-8(12)7(4-6)11(16)9(13)5-10(14)15/h2-4,9,11,13,16H,5H2,1H3,(H,14,15). The molecule has 0 radical (unpaired) electrons. The van der Waals surface area contributed by atoms with Crippen LogP contribution in [-0.4, -0.2) is 27.4 Å². The Morgan fingerprint density at radius 2 is 2.06 bits per heavy atom. The Balaban J connectivity index is 2.90. The number of aliphatic carboxylic acids is 1. The highest BCUT2D eigenvalue weighted by molar-refractivity contribution is 5.67. The highest BCUT2D eigenvalue weighted by atomic mass is 19.1. The smallest absolute Gasteiger partial charge is 0.306 e. The fraction of sp³-hybridized carbons (Fsp3) is 0.364. The molecule has 88 valence electrons. The molecule has 1 aromatic rings. The summed E-state index contributed by atoms with van der Waals surface area (Å²) in [6.07, 6.45) is -3.68. The van der Waals surface area contributed by atoms with Crippen LogP contribution in [0.25, 0.3) is 0 Å². The lowest BCUT2D eigenvalue weighted by molar-refractivity contribution is -0.141. The van der Waals surface area contributed by atoms with E-state index in [1.165, 1.54) is 18.2 Å². The maximum atomic E-state index is 13.3. The van der Waals surface area contributed by atoms with E-state index in [1.807, 2.05) is 0 Å². The van der Waals surface area contributed by atoms with Gasteiger partial charge in [0.05, 0.1) is 12.5 Å². The van der Waals surface area contributed by atoms with Gasteiger partial charge in [0.1, 0.15) is 11.9 Å². The van der Waals surface area contributed by atoms with Crippen LogP contribution in [-0.2, 0) is 4.79 Å². The van der Waals surface area contributed by atoms with Gasteiger partial charge in [-0.3, -0.25) is 4.79 Å². The molecule has 3 N–H and O–H groups in total. The third-order valence-corrected chi connectivity index (χ3v) is 2.22. The second-order valence-electron chi connectivity index (χ2n) is 3.64. The van der Waals surface area contributed by atoms with E-state index in [0.717, 1.165) is 5.56 Å². The molecule has 4 nitrogen and oxygen atoms in total. The van der Waals surface area contributed by atoms with Gasteiger partial charge in [0.15, 0.2) is 0 Å². The Hall–Kier alpha value is -1.46. The molecule has 0 saturated heterocycles. The van der Waals surface area contributed by atoms with Crippen molar-refractivity contribution >= 4 is 5.97 Å². The van der Waals surface area contributed by atoms with E-state index in [0.29, 0.717) is 0 Å². The lowest BCUT2D eigenvalue weighted by Gasteiger charge is -2.17. The molecule has 0 aliphatic rings. The first kappa shape index (κ1) is 12.6. The summed E-state index contributed by atoms with van der Waals surface area (Å²) in [6.45, 7) is 1.71. The van der Waals surface area contributed by atoms with Crippen molar-refractivity contribution < 1.29 is 24.5 Å². The van der Waals surface area contributed by atoms with E-state index in [9.17, 15) is 19.4 Å². The number of aliphatic hydroxyl groups is 2. The van der Waals surface area contributed by atoms with Crippen LogP contribution in [0, 0.1) is 12.7 Å². The molecule has 2 atom stereocenters. The zero-order valence-corrected chi connectivity index (χ0v) is 8.72. The molecule has 0 amide bonds. The second kappa shape index (κ2) is 5.05. The number of carboxylic acid groups (broad SMARTS) is 1. The van der Waals surface area contributed by atoms with Crippen LogP contribution >= 0.6 is 0 Å². The van der Waals surface area contributed by atoms with Crippen LogP contribution < -0.4 is 0 Å². The van der Waals surface area contributed by atoms with Gasteiger partial charge in [-0.1, -0.05) is 17.7 Å². The van der Waals surface area contributed by atoms with Gasteiger partial charge in [-0.05, 0) is 13.0 Å². The molecule has 1 rings (SSSR count). The van der Waals surface area contributed by atoms with E-state index >= 15 is 0 Å². The fourth-order valence-corrected chi connectivity index (χ4v) is 1.39. The van der Waals surface area contributed by atoms with Crippen molar-refractivity contribution in [3.63, 3.8) is 0 Å². The van der Waals surface area contributed by atoms with Crippen LogP contribution in [0.2, 0.25) is 0 Å². The average molecular weight is 228 g/mol. The zero-order valence-electron chi connectivity index (χ0n) is 8.72. The molecule has 2 unspecified atom stereocenters. The van der Waals surface area contributed by atoms with Gasteiger partial charge < -0.3 is 15.3 Å². The van der Waals surface area contributed by atoms with E-state index in [2.05, 4.69) is 0 Å². The largest absolute Gasteiger partial charge is 0.481 e. The van der Waals surface area contributed by atoms with Crippen LogP contribution in [0.15, 0.2) is 18.2 Å². The van der Waals surface area contributed by atoms with Crippen molar-refractivity contribution in [1.29, 1.82) is 0 Å². The van der Waals surface area contributed by atoms with E-state index < -0.39 is 30.4 Å². The molecule has 0 saturated carbocycles. The Morgan fingerprint density at radius 1 is 1.44 bits per heavy atom. The molecule has 0 spiro atoms. The molecular weight excluding hydrogens is 215 g/mol. The highest BCUT2D eigenvalue weighted by Gasteiger charge is 2.23. The number of hydrogen-bond donors (Lipinski definition) is 3. The summed E-state index contributed by atoms with van der Waals surface area (Å²) >= 11 is 0. The first-order valence-corrected chi connectivity index (χ1v) is 4.75. The summed E-state index contributed by atoms with van der Waals surface area (Å²) in [5.41, 5.74) is 0.631. The minimum absolute atomic E-state index is 0.0891. The number of halogens is 1. The van der Waals surface area contributed by atoms with Gasteiger partial charge in [-0.15, -0.1) is 0 Å². The quantitative estimate of drug-likeness (QED) is 0.718. The number of benzene rings is 1. The van der Waals surface area contributed by atoms with Gasteiger partial charge in [0.25, 0.3) is 0 Å². The van der Waals surface area contributed by atoms with Crippen molar-refractivity contribution in [2.24, 2.45) is 0 Å². The molecule has 5 heteroatoms. The van der Waals surface area contributed by atoms with Crippen molar-refractivity contribution in [3.8, 4) is 0 Å². The Kier molecular flexibility index (Phi) is 3.98. The SMILES string of the molecule is Cc1ccc(F)c(C(O)C(O)CC(=O)O)c1. The van der Waals surface area contributed by atoms with Gasteiger partial charge in [0, 0.05) is 5.56 Å². The Labute approximate surface area is 92.0 Å². The summed E-state index contributed by atoms with van der Waals surface area (Å²) in [7, 11) is 0. The number of aryl methyl sites for hydroxylation is 1. The van der Waals surface area contributed by atoms with Crippen LogP contribution in [0.3, 0.4) is 0 Å². The normalized spacial score (nSPS) is 14.5. The molecule has 0 aliphatic carbocycles. The Bertz CT molecular complexity index is 392. The molecule has 16 heavy (non-hydrogen) atoms. The van der Waals surface area contributed by atoms with Gasteiger partial charge in [-0.2, -0.15) is 0 Å². The van der Waals surface area contributed by atoms with Crippen molar-refractivity contribution in [2.75, 3.05) is 0 Å². The lowest BCUT2D eigenvalue weighted by Crippen LogP contribution is -2.22. The van der Waals surface area contributed by atoms with E-state index in [-0.39, 0.29) is 5.56 Å². The molecule has 0 fully saturated rings. The summed E-state index contributed by atoms with van der Waals surface area (Å²) in [5.74, 6) is -1.91. The van der Waals surface area contributed by atoms with Crippen LogP contribution in [0.5, 0.6) is 0 Å². The van der Waals surface area contributed by atoms with Crippen molar-refractivity contribution in [3.05, 3.63) is 35.1 Å². The summed E-state index contributed by atoms with van der Waals surface area (Å²) in [4.78, 5) is 10.3.